The van der Waals surface area contributed by atoms with Crippen LogP contribution in [0.3, 0.4) is 0 Å². The van der Waals surface area contributed by atoms with E-state index in [1.807, 2.05) is 18.9 Å². The molecule has 0 aliphatic heterocycles. The maximum absolute atomic E-state index is 11.2. The maximum atomic E-state index is 11.2. The minimum Gasteiger partial charge on any atom is -0.465 e. The van der Waals surface area contributed by atoms with Crippen LogP contribution in [0.15, 0.2) is 0 Å². The Hall–Kier alpha value is -0.610. The third-order valence-electron chi connectivity index (χ3n) is 1.77. The fraction of sp³-hybridized carbons (Fsp3) is 0.875. The summed E-state index contributed by atoms with van der Waals surface area (Å²) in [5.74, 6) is -0.187. The smallest absolute Gasteiger partial charge is 0.323 e. The number of likely N-dealkylation sites (N-methyl/N-ethyl adjacent to an activating group) is 1. The van der Waals surface area contributed by atoms with E-state index in [9.17, 15) is 4.79 Å². The van der Waals surface area contributed by atoms with Gasteiger partial charge in [-0.1, -0.05) is 0 Å². The molecule has 0 spiro atoms. The highest BCUT2D eigenvalue weighted by atomic mass is 16.5. The molecule has 0 aliphatic rings. The van der Waals surface area contributed by atoms with Crippen molar-refractivity contribution in [1.82, 2.24) is 4.90 Å². The molecule has 0 aromatic heterocycles. The summed E-state index contributed by atoms with van der Waals surface area (Å²) in [6.07, 6.45) is 0. The van der Waals surface area contributed by atoms with Crippen LogP contribution in [-0.4, -0.2) is 43.7 Å². The average molecular weight is 174 g/mol. The molecule has 1 atom stereocenters. The van der Waals surface area contributed by atoms with Crippen LogP contribution in [0.2, 0.25) is 0 Å². The quantitative estimate of drug-likeness (QED) is 0.588. The number of carbonyl (C=O) groups excluding carboxylic acids is 1. The highest BCUT2D eigenvalue weighted by Crippen LogP contribution is 1.96. The van der Waals surface area contributed by atoms with Gasteiger partial charge in [-0.3, -0.25) is 9.69 Å². The summed E-state index contributed by atoms with van der Waals surface area (Å²) < 4.78 is 4.85. The number of hydrogen-bond donors (Lipinski definition) is 1. The second kappa shape index (κ2) is 5.97. The normalized spacial score (nSPS) is 13.1. The molecule has 2 N–H and O–H groups in total. The SMILES string of the molecule is CCOC(=O)C(C)N(C)CCN. The van der Waals surface area contributed by atoms with Crippen molar-refractivity contribution < 1.29 is 9.53 Å². The molecule has 12 heavy (non-hydrogen) atoms. The van der Waals surface area contributed by atoms with E-state index in [0.29, 0.717) is 19.7 Å². The fourth-order valence-corrected chi connectivity index (χ4v) is 0.840. The molecule has 0 saturated heterocycles. The first-order chi connectivity index (χ1) is 5.63. The molecule has 1 unspecified atom stereocenters. The minimum atomic E-state index is -0.200. The molecule has 0 rings (SSSR count). The average Bonchev–Trinajstić information content (AvgIpc) is 2.04. The van der Waals surface area contributed by atoms with E-state index in [0.717, 1.165) is 0 Å². The Balaban J connectivity index is 3.82. The second-order valence-electron chi connectivity index (χ2n) is 2.70. The van der Waals surface area contributed by atoms with Gasteiger partial charge in [-0.05, 0) is 20.9 Å². The third-order valence-corrected chi connectivity index (χ3v) is 1.77. The van der Waals surface area contributed by atoms with Gasteiger partial charge in [-0.15, -0.1) is 0 Å². The summed E-state index contributed by atoms with van der Waals surface area (Å²) >= 11 is 0. The third kappa shape index (κ3) is 3.69. The molecule has 0 aromatic carbocycles. The zero-order valence-electron chi connectivity index (χ0n) is 8.04. The van der Waals surface area contributed by atoms with Crippen LogP contribution in [0.1, 0.15) is 13.8 Å². The first-order valence-electron chi connectivity index (χ1n) is 4.20. The Bertz CT molecular complexity index is 139. The zero-order valence-corrected chi connectivity index (χ0v) is 8.04. The van der Waals surface area contributed by atoms with Crippen molar-refractivity contribution in [3.63, 3.8) is 0 Å². The number of ether oxygens (including phenoxy) is 1. The number of hydrogen-bond acceptors (Lipinski definition) is 4. The standard InChI is InChI=1S/C8H18N2O2/c1-4-12-8(11)7(2)10(3)6-5-9/h7H,4-6,9H2,1-3H3. The van der Waals surface area contributed by atoms with Crippen molar-refractivity contribution in [1.29, 1.82) is 0 Å². The Morgan fingerprint density at radius 2 is 2.25 bits per heavy atom. The number of rotatable bonds is 5. The lowest BCUT2D eigenvalue weighted by molar-refractivity contribution is -0.148. The van der Waals surface area contributed by atoms with Gasteiger partial charge in [0.05, 0.1) is 6.61 Å². The number of carbonyl (C=O) groups is 1. The van der Waals surface area contributed by atoms with Gasteiger partial charge in [0.25, 0.3) is 0 Å². The van der Waals surface area contributed by atoms with Crippen LogP contribution in [0.4, 0.5) is 0 Å². The lowest BCUT2D eigenvalue weighted by Crippen LogP contribution is -2.39. The Morgan fingerprint density at radius 1 is 1.67 bits per heavy atom. The predicted octanol–water partition coefficient (Wildman–Crippen LogP) is -0.171. The molecule has 0 bridgehead atoms. The second-order valence-corrected chi connectivity index (χ2v) is 2.70. The van der Waals surface area contributed by atoms with E-state index in [1.54, 1.807) is 6.92 Å². The van der Waals surface area contributed by atoms with E-state index < -0.39 is 0 Å². The summed E-state index contributed by atoms with van der Waals surface area (Å²) in [5, 5.41) is 0. The van der Waals surface area contributed by atoms with Gasteiger partial charge >= 0.3 is 5.97 Å². The maximum Gasteiger partial charge on any atom is 0.323 e. The Labute approximate surface area is 73.7 Å². The summed E-state index contributed by atoms with van der Waals surface area (Å²) in [4.78, 5) is 13.0. The first kappa shape index (κ1) is 11.4. The summed E-state index contributed by atoms with van der Waals surface area (Å²) in [6, 6.07) is -0.200. The molecular formula is C8H18N2O2. The van der Waals surface area contributed by atoms with Gasteiger partial charge in [0, 0.05) is 13.1 Å². The predicted molar refractivity (Wildman–Crippen MR) is 47.8 cm³/mol. The first-order valence-corrected chi connectivity index (χ1v) is 4.20. The minimum absolute atomic E-state index is 0.187. The summed E-state index contributed by atoms with van der Waals surface area (Å²) in [5.41, 5.74) is 5.35. The van der Waals surface area contributed by atoms with E-state index in [-0.39, 0.29) is 12.0 Å². The van der Waals surface area contributed by atoms with Crippen molar-refractivity contribution in [2.75, 3.05) is 26.7 Å². The van der Waals surface area contributed by atoms with Gasteiger partial charge in [-0.2, -0.15) is 0 Å². The van der Waals surface area contributed by atoms with Crippen LogP contribution in [0, 0.1) is 0 Å². The molecule has 0 heterocycles. The molecule has 0 aliphatic carbocycles. The molecule has 0 fully saturated rings. The number of esters is 1. The van der Waals surface area contributed by atoms with Crippen molar-refractivity contribution in [3.8, 4) is 0 Å². The van der Waals surface area contributed by atoms with Crippen molar-refractivity contribution in [2.45, 2.75) is 19.9 Å². The van der Waals surface area contributed by atoms with Crippen LogP contribution in [0.25, 0.3) is 0 Å². The van der Waals surface area contributed by atoms with Gasteiger partial charge in [0.15, 0.2) is 0 Å². The highest BCUT2D eigenvalue weighted by Gasteiger charge is 2.17. The fourth-order valence-electron chi connectivity index (χ4n) is 0.840. The largest absolute Gasteiger partial charge is 0.465 e. The monoisotopic (exact) mass is 174 g/mol. The molecule has 0 saturated carbocycles. The Morgan fingerprint density at radius 3 is 2.67 bits per heavy atom. The van der Waals surface area contributed by atoms with Crippen LogP contribution in [-0.2, 0) is 9.53 Å². The van der Waals surface area contributed by atoms with E-state index >= 15 is 0 Å². The van der Waals surface area contributed by atoms with E-state index in [2.05, 4.69) is 0 Å². The molecule has 0 radical (unpaired) electrons. The van der Waals surface area contributed by atoms with Crippen LogP contribution < -0.4 is 5.73 Å². The van der Waals surface area contributed by atoms with Crippen molar-refractivity contribution >= 4 is 5.97 Å². The number of nitrogens with zero attached hydrogens (tertiary/aromatic N) is 1. The zero-order chi connectivity index (χ0) is 9.56. The van der Waals surface area contributed by atoms with Gasteiger partial charge in [-0.25, -0.2) is 0 Å². The van der Waals surface area contributed by atoms with Crippen molar-refractivity contribution in [3.05, 3.63) is 0 Å². The highest BCUT2D eigenvalue weighted by molar-refractivity contribution is 5.75. The van der Waals surface area contributed by atoms with Crippen molar-refractivity contribution in [2.24, 2.45) is 5.73 Å². The molecule has 4 nitrogen and oxygen atoms in total. The van der Waals surface area contributed by atoms with Gasteiger partial charge < -0.3 is 10.5 Å². The lowest BCUT2D eigenvalue weighted by atomic mass is 10.3. The van der Waals surface area contributed by atoms with Crippen LogP contribution >= 0.6 is 0 Å². The summed E-state index contributed by atoms with van der Waals surface area (Å²) in [7, 11) is 1.86. The molecule has 0 amide bonds. The molecular weight excluding hydrogens is 156 g/mol. The van der Waals surface area contributed by atoms with Crippen LogP contribution in [0.5, 0.6) is 0 Å². The molecule has 72 valence electrons. The van der Waals surface area contributed by atoms with E-state index in [4.69, 9.17) is 10.5 Å². The molecule has 0 aromatic rings. The summed E-state index contributed by atoms with van der Waals surface area (Å²) in [6.45, 7) is 5.31. The lowest BCUT2D eigenvalue weighted by Gasteiger charge is -2.21. The van der Waals surface area contributed by atoms with Gasteiger partial charge in [0.2, 0.25) is 0 Å². The Kier molecular flexibility index (Phi) is 5.66. The number of nitrogens with two attached hydrogens (primary N) is 1. The van der Waals surface area contributed by atoms with Gasteiger partial charge in [0.1, 0.15) is 6.04 Å². The topological polar surface area (TPSA) is 55.6 Å². The molecule has 4 heteroatoms. The van der Waals surface area contributed by atoms with E-state index in [1.165, 1.54) is 0 Å².